The molecule has 0 atom stereocenters. The molecule has 0 radical (unpaired) electrons. The predicted octanol–water partition coefficient (Wildman–Crippen LogP) is 5.82. The molecule has 0 aromatic carbocycles. The van der Waals surface area contributed by atoms with Crippen molar-refractivity contribution < 1.29 is 14.3 Å². The molecule has 5 heterocycles. The summed E-state index contributed by atoms with van der Waals surface area (Å²) < 4.78 is 6.40. The molecule has 1 aliphatic heterocycles. The second-order valence-corrected chi connectivity index (χ2v) is 11.4. The molecule has 1 fully saturated rings. The first kappa shape index (κ1) is 25.7. The minimum atomic E-state index is -0.530. The van der Waals surface area contributed by atoms with Crippen LogP contribution >= 0.6 is 11.3 Å². The van der Waals surface area contributed by atoms with Crippen molar-refractivity contribution in [3.05, 3.63) is 65.9 Å². The third-order valence-corrected chi connectivity index (χ3v) is 7.29. The highest BCUT2D eigenvalue weighted by Gasteiger charge is 2.29. The Hall–Kier alpha value is -3.92. The SMILES string of the molecule is Cc1cc(C2CCN(C(=O)OC(C)(C)C)CC2)c(C(=O)Nc2nc3ncc(-c4ccncc4)cc3s2)cn1. The highest BCUT2D eigenvalue weighted by Crippen LogP contribution is 2.33. The molecule has 10 heteroatoms. The normalized spacial score (nSPS) is 14.5. The van der Waals surface area contributed by atoms with E-state index in [2.05, 4.69) is 25.3 Å². The molecule has 4 aromatic heterocycles. The number of rotatable bonds is 4. The zero-order chi connectivity index (χ0) is 26.9. The van der Waals surface area contributed by atoms with Gasteiger partial charge in [0.2, 0.25) is 0 Å². The summed E-state index contributed by atoms with van der Waals surface area (Å²) in [5, 5.41) is 3.43. The molecule has 5 rings (SSSR count). The number of thiazole rings is 1. The summed E-state index contributed by atoms with van der Waals surface area (Å²) in [7, 11) is 0. The van der Waals surface area contributed by atoms with Gasteiger partial charge in [-0.15, -0.1) is 0 Å². The Morgan fingerprint density at radius 1 is 1.05 bits per heavy atom. The van der Waals surface area contributed by atoms with Crippen molar-refractivity contribution in [2.24, 2.45) is 0 Å². The summed E-state index contributed by atoms with van der Waals surface area (Å²) in [6.45, 7) is 8.66. The second kappa shape index (κ2) is 10.4. The molecule has 0 aliphatic carbocycles. The summed E-state index contributed by atoms with van der Waals surface area (Å²) >= 11 is 1.38. The summed E-state index contributed by atoms with van der Waals surface area (Å²) in [5.41, 5.74) is 4.34. The molecule has 9 nitrogen and oxygen atoms in total. The number of nitrogens with zero attached hydrogens (tertiary/aromatic N) is 5. The number of nitrogens with one attached hydrogen (secondary N) is 1. The van der Waals surface area contributed by atoms with Crippen molar-refractivity contribution in [2.45, 2.75) is 52.1 Å². The zero-order valence-corrected chi connectivity index (χ0v) is 22.7. The van der Waals surface area contributed by atoms with Crippen LogP contribution in [0.5, 0.6) is 0 Å². The van der Waals surface area contributed by atoms with E-state index in [1.165, 1.54) is 11.3 Å². The molecule has 0 unspecified atom stereocenters. The van der Waals surface area contributed by atoms with Gasteiger partial charge in [0, 0.05) is 49.1 Å². The second-order valence-electron chi connectivity index (χ2n) is 10.4. The van der Waals surface area contributed by atoms with E-state index < -0.39 is 5.60 Å². The number of hydrogen-bond acceptors (Lipinski definition) is 8. The molecule has 38 heavy (non-hydrogen) atoms. The molecule has 0 bridgehead atoms. The number of amides is 2. The van der Waals surface area contributed by atoms with Gasteiger partial charge in [0.15, 0.2) is 10.8 Å². The minimum absolute atomic E-state index is 0.135. The zero-order valence-electron chi connectivity index (χ0n) is 21.9. The topological polar surface area (TPSA) is 110 Å². The molecule has 2 amide bonds. The maximum absolute atomic E-state index is 13.4. The number of pyridine rings is 3. The lowest BCUT2D eigenvalue weighted by Crippen LogP contribution is -2.41. The van der Waals surface area contributed by atoms with E-state index in [1.807, 2.05) is 52.0 Å². The largest absolute Gasteiger partial charge is 0.444 e. The number of likely N-dealkylation sites (tertiary alicyclic amines) is 1. The Labute approximate surface area is 225 Å². The van der Waals surface area contributed by atoms with Crippen LogP contribution in [0.2, 0.25) is 0 Å². The number of carbonyl (C=O) groups excluding carboxylic acids is 2. The average molecular weight is 531 g/mol. The molecule has 1 aliphatic rings. The summed E-state index contributed by atoms with van der Waals surface area (Å²) in [6.07, 6.45) is 8.08. The van der Waals surface area contributed by atoms with Crippen LogP contribution in [0.25, 0.3) is 21.5 Å². The van der Waals surface area contributed by atoms with Gasteiger partial charge in [-0.3, -0.25) is 20.1 Å². The first-order valence-electron chi connectivity index (χ1n) is 12.6. The lowest BCUT2D eigenvalue weighted by Gasteiger charge is -2.34. The Balaban J connectivity index is 1.31. The van der Waals surface area contributed by atoms with Crippen LogP contribution in [0.3, 0.4) is 0 Å². The Kier molecular flexibility index (Phi) is 7.07. The van der Waals surface area contributed by atoms with Crippen LogP contribution in [-0.4, -0.2) is 55.5 Å². The molecule has 0 spiro atoms. The molecule has 1 saturated heterocycles. The van der Waals surface area contributed by atoms with Crippen molar-refractivity contribution in [3.8, 4) is 11.1 Å². The van der Waals surface area contributed by atoms with Gasteiger partial charge in [-0.2, -0.15) is 4.98 Å². The Morgan fingerprint density at radius 2 is 1.79 bits per heavy atom. The summed E-state index contributed by atoms with van der Waals surface area (Å²) in [4.78, 5) is 45.1. The summed E-state index contributed by atoms with van der Waals surface area (Å²) in [5.74, 6) is -0.119. The number of aromatic nitrogens is 4. The van der Waals surface area contributed by atoms with E-state index in [4.69, 9.17) is 4.74 Å². The van der Waals surface area contributed by atoms with Gasteiger partial charge >= 0.3 is 6.09 Å². The van der Waals surface area contributed by atoms with Gasteiger partial charge in [-0.1, -0.05) is 11.3 Å². The van der Waals surface area contributed by atoms with Crippen molar-refractivity contribution in [1.82, 2.24) is 24.8 Å². The fourth-order valence-corrected chi connectivity index (χ4v) is 5.41. The lowest BCUT2D eigenvalue weighted by atomic mass is 9.86. The van der Waals surface area contributed by atoms with Crippen LogP contribution in [-0.2, 0) is 4.74 Å². The molecule has 196 valence electrons. The van der Waals surface area contributed by atoms with Crippen LogP contribution < -0.4 is 5.32 Å². The van der Waals surface area contributed by atoms with Gasteiger partial charge < -0.3 is 9.64 Å². The van der Waals surface area contributed by atoms with E-state index >= 15 is 0 Å². The smallest absolute Gasteiger partial charge is 0.410 e. The predicted molar refractivity (Wildman–Crippen MR) is 147 cm³/mol. The number of piperidine rings is 1. The molecule has 1 N–H and O–H groups in total. The number of anilines is 1. The fraction of sp³-hybridized carbons (Fsp3) is 0.357. The van der Waals surface area contributed by atoms with E-state index in [0.29, 0.717) is 29.4 Å². The number of ether oxygens (including phenoxy) is 1. The standard InChI is InChI=1S/C28H30N6O3S/c1-17-13-21(19-7-11-34(12-8-19)27(36)37-28(2,3)4)22(16-30-17)25(35)33-26-32-24-23(38-26)14-20(15-31-24)18-5-9-29-10-6-18/h5-6,9-10,13-16,19H,7-8,11-12H2,1-4H3,(H,31,32,33,35). The van der Waals surface area contributed by atoms with Gasteiger partial charge in [0.05, 0.1) is 10.3 Å². The molecular weight excluding hydrogens is 500 g/mol. The van der Waals surface area contributed by atoms with E-state index in [1.54, 1.807) is 29.7 Å². The maximum Gasteiger partial charge on any atom is 0.410 e. The number of fused-ring (bicyclic) bond motifs is 1. The first-order chi connectivity index (χ1) is 18.2. The number of aryl methyl sites for hydroxylation is 1. The van der Waals surface area contributed by atoms with Gasteiger partial charge in [-0.05, 0) is 81.8 Å². The van der Waals surface area contributed by atoms with Gasteiger partial charge in [0.25, 0.3) is 5.91 Å². The fourth-order valence-electron chi connectivity index (χ4n) is 4.55. The van der Waals surface area contributed by atoms with Crippen LogP contribution in [0.4, 0.5) is 9.93 Å². The molecule has 4 aromatic rings. The van der Waals surface area contributed by atoms with Crippen molar-refractivity contribution in [3.63, 3.8) is 0 Å². The van der Waals surface area contributed by atoms with Crippen LogP contribution in [0, 0.1) is 6.92 Å². The van der Waals surface area contributed by atoms with E-state index in [0.717, 1.165) is 39.9 Å². The van der Waals surface area contributed by atoms with E-state index in [-0.39, 0.29) is 17.9 Å². The Bertz CT molecular complexity index is 1470. The minimum Gasteiger partial charge on any atom is -0.444 e. The van der Waals surface area contributed by atoms with E-state index in [9.17, 15) is 9.59 Å². The third kappa shape index (κ3) is 5.80. The number of carbonyl (C=O) groups is 2. The Morgan fingerprint density at radius 3 is 2.50 bits per heavy atom. The van der Waals surface area contributed by atoms with Crippen molar-refractivity contribution >= 4 is 38.8 Å². The van der Waals surface area contributed by atoms with Crippen LogP contribution in [0.1, 0.15) is 61.1 Å². The third-order valence-electron chi connectivity index (χ3n) is 6.38. The van der Waals surface area contributed by atoms with Gasteiger partial charge in [-0.25, -0.2) is 9.78 Å². The lowest BCUT2D eigenvalue weighted by molar-refractivity contribution is 0.0204. The maximum atomic E-state index is 13.4. The van der Waals surface area contributed by atoms with Gasteiger partial charge in [0.1, 0.15) is 5.60 Å². The monoisotopic (exact) mass is 530 g/mol. The number of hydrogen-bond donors (Lipinski definition) is 1. The summed E-state index contributed by atoms with van der Waals surface area (Å²) in [6, 6.07) is 7.85. The molecular formula is C28H30N6O3S. The van der Waals surface area contributed by atoms with Crippen LogP contribution in [0.15, 0.2) is 49.1 Å². The quantitative estimate of drug-likeness (QED) is 0.354. The highest BCUT2D eigenvalue weighted by atomic mass is 32.1. The highest BCUT2D eigenvalue weighted by molar-refractivity contribution is 7.22. The van der Waals surface area contributed by atoms with Crippen molar-refractivity contribution in [1.29, 1.82) is 0 Å². The molecule has 0 saturated carbocycles. The average Bonchev–Trinajstić information content (AvgIpc) is 3.29. The first-order valence-corrected chi connectivity index (χ1v) is 13.4. The van der Waals surface area contributed by atoms with Crippen molar-refractivity contribution in [2.75, 3.05) is 18.4 Å².